The molecule has 0 aliphatic carbocycles. The Morgan fingerprint density at radius 2 is 1.84 bits per heavy atom. The van der Waals surface area contributed by atoms with Gasteiger partial charge in [0.15, 0.2) is 5.84 Å². The van der Waals surface area contributed by atoms with Crippen LogP contribution in [0.25, 0.3) is 0 Å². The zero-order valence-electron chi connectivity index (χ0n) is 17.4. The van der Waals surface area contributed by atoms with Crippen molar-refractivity contribution in [2.24, 2.45) is 11.0 Å². The Morgan fingerprint density at radius 3 is 2.52 bits per heavy atom. The molecule has 0 fully saturated rings. The molecule has 164 valence electrons. The number of alkyl halides is 3. The van der Waals surface area contributed by atoms with E-state index in [1.807, 2.05) is 12.1 Å². The summed E-state index contributed by atoms with van der Waals surface area (Å²) in [4.78, 5) is 0. The molecule has 0 radical (unpaired) electrons. The molecule has 1 heterocycles. The summed E-state index contributed by atoms with van der Waals surface area (Å²) in [5, 5.41) is 13.5. The Morgan fingerprint density at radius 1 is 1.10 bits per heavy atom. The maximum atomic E-state index is 13.3. The second-order valence-electron chi connectivity index (χ2n) is 7.58. The molecule has 5 nitrogen and oxygen atoms in total. The minimum atomic E-state index is -4.60. The molecule has 1 atom stereocenters. The molecule has 31 heavy (non-hydrogen) atoms. The molecule has 0 spiro atoms. The third kappa shape index (κ3) is 5.92. The zero-order valence-corrected chi connectivity index (χ0v) is 17.4. The molecule has 8 heteroatoms. The summed E-state index contributed by atoms with van der Waals surface area (Å²) in [6.07, 6.45) is -0.718. The van der Waals surface area contributed by atoms with Crippen LogP contribution in [0, 0.1) is 17.8 Å². The first-order valence-electron chi connectivity index (χ1n) is 10.2. The van der Waals surface area contributed by atoms with Crippen LogP contribution in [0.2, 0.25) is 0 Å². The lowest BCUT2D eigenvalue weighted by atomic mass is 9.95. The molecule has 1 aliphatic rings. The van der Waals surface area contributed by atoms with E-state index < -0.39 is 17.5 Å². The van der Waals surface area contributed by atoms with Gasteiger partial charge in [-0.25, -0.2) is 5.53 Å². The van der Waals surface area contributed by atoms with Gasteiger partial charge in [-0.2, -0.15) is 13.2 Å². The Hall–Kier alpha value is -3.18. The van der Waals surface area contributed by atoms with Gasteiger partial charge in [0.25, 0.3) is 0 Å². The van der Waals surface area contributed by atoms with E-state index in [1.54, 1.807) is 6.07 Å². The molecule has 3 rings (SSSR count). The number of hydrogen-bond donors (Lipinski definition) is 4. The molecule has 0 aromatic heterocycles. The van der Waals surface area contributed by atoms with Crippen molar-refractivity contribution in [3.05, 3.63) is 64.2 Å². The van der Waals surface area contributed by atoms with Gasteiger partial charge in [-0.15, -0.1) is 10.6 Å². The van der Waals surface area contributed by atoms with Crippen molar-refractivity contribution < 1.29 is 18.3 Å². The van der Waals surface area contributed by atoms with Gasteiger partial charge in [-0.1, -0.05) is 38.5 Å². The number of hydrogen-bond acceptors (Lipinski definition) is 5. The van der Waals surface area contributed by atoms with E-state index in [0.29, 0.717) is 23.4 Å². The van der Waals surface area contributed by atoms with Crippen LogP contribution >= 0.6 is 0 Å². The lowest BCUT2D eigenvalue weighted by Crippen LogP contribution is -2.35. The molecule has 1 unspecified atom stereocenters. The number of halogens is 3. The molecular weight excluding hydrogens is 405 g/mol. The van der Waals surface area contributed by atoms with Crippen molar-refractivity contribution in [3.63, 3.8) is 0 Å². The summed E-state index contributed by atoms with van der Waals surface area (Å²) in [5.41, 5.74) is 9.55. The van der Waals surface area contributed by atoms with Gasteiger partial charge in [0.1, 0.15) is 5.75 Å². The molecular formula is C23H25F3N4O. The minimum absolute atomic E-state index is 0.171. The second kappa shape index (κ2) is 9.75. The summed E-state index contributed by atoms with van der Waals surface area (Å²) >= 11 is 0. The maximum Gasteiger partial charge on any atom is 0.417 e. The lowest BCUT2D eigenvalue weighted by Gasteiger charge is -2.11. The van der Waals surface area contributed by atoms with Crippen molar-refractivity contribution in [2.45, 2.75) is 45.7 Å². The van der Waals surface area contributed by atoms with Crippen LogP contribution in [0.5, 0.6) is 5.75 Å². The van der Waals surface area contributed by atoms with Crippen LogP contribution in [-0.4, -0.2) is 10.9 Å². The lowest BCUT2D eigenvalue weighted by molar-refractivity contribution is -0.137. The van der Waals surface area contributed by atoms with E-state index in [4.69, 9.17) is 0 Å². The molecule has 0 bridgehead atoms. The number of hydrazone groups is 1. The number of hydrazine groups is 2. The first-order chi connectivity index (χ1) is 14.8. The monoisotopic (exact) mass is 430 g/mol. The van der Waals surface area contributed by atoms with Crippen LogP contribution < -0.4 is 16.5 Å². The SMILES string of the molecule is CCC(C)CCCc1cc(C2=NNNN2)ccc1C#Cc1ccc(O)cc1C(F)(F)F. The molecule has 0 amide bonds. The van der Waals surface area contributed by atoms with Crippen molar-refractivity contribution in [1.29, 1.82) is 0 Å². The average molecular weight is 430 g/mol. The van der Waals surface area contributed by atoms with Crippen LogP contribution in [0.4, 0.5) is 13.2 Å². The zero-order chi connectivity index (χ0) is 22.4. The van der Waals surface area contributed by atoms with E-state index in [2.05, 4.69) is 47.3 Å². The molecule has 4 N–H and O–H groups in total. The number of phenols is 1. The normalized spacial score (nSPS) is 14.2. The number of aryl methyl sites for hydroxylation is 1. The Balaban J connectivity index is 1.94. The van der Waals surface area contributed by atoms with Gasteiger partial charge < -0.3 is 5.11 Å². The van der Waals surface area contributed by atoms with Crippen LogP contribution in [-0.2, 0) is 12.6 Å². The highest BCUT2D eigenvalue weighted by atomic mass is 19.4. The highest BCUT2D eigenvalue weighted by molar-refractivity contribution is 5.99. The number of benzene rings is 2. The van der Waals surface area contributed by atoms with Gasteiger partial charge in [0.2, 0.25) is 0 Å². The fraction of sp³-hybridized carbons (Fsp3) is 0.348. The summed E-state index contributed by atoms with van der Waals surface area (Å²) in [5.74, 6) is 6.35. The van der Waals surface area contributed by atoms with E-state index in [1.165, 1.54) is 12.1 Å². The smallest absolute Gasteiger partial charge is 0.417 e. The number of aromatic hydroxyl groups is 1. The van der Waals surface area contributed by atoms with Gasteiger partial charge in [-0.3, -0.25) is 5.43 Å². The summed E-state index contributed by atoms with van der Waals surface area (Å²) in [6.45, 7) is 4.36. The van der Waals surface area contributed by atoms with Gasteiger partial charge in [0.05, 0.1) is 5.56 Å². The molecule has 1 aliphatic heterocycles. The second-order valence-corrected chi connectivity index (χ2v) is 7.58. The van der Waals surface area contributed by atoms with Crippen molar-refractivity contribution in [2.75, 3.05) is 0 Å². The van der Waals surface area contributed by atoms with E-state index in [-0.39, 0.29) is 5.56 Å². The fourth-order valence-corrected chi connectivity index (χ4v) is 3.26. The van der Waals surface area contributed by atoms with Gasteiger partial charge in [0, 0.05) is 16.7 Å². The predicted octanol–water partition coefficient (Wildman–Crippen LogP) is 4.45. The van der Waals surface area contributed by atoms with Gasteiger partial charge >= 0.3 is 6.18 Å². The largest absolute Gasteiger partial charge is 0.508 e. The molecule has 2 aromatic rings. The van der Waals surface area contributed by atoms with Crippen LogP contribution in [0.3, 0.4) is 0 Å². The first-order valence-corrected chi connectivity index (χ1v) is 10.2. The number of nitrogens with zero attached hydrogens (tertiary/aromatic N) is 1. The third-order valence-corrected chi connectivity index (χ3v) is 5.26. The number of amidine groups is 1. The minimum Gasteiger partial charge on any atom is -0.508 e. The average Bonchev–Trinajstić information content (AvgIpc) is 3.27. The quantitative estimate of drug-likeness (QED) is 0.511. The topological polar surface area (TPSA) is 68.7 Å². The summed E-state index contributed by atoms with van der Waals surface area (Å²) in [6, 6.07) is 8.68. The van der Waals surface area contributed by atoms with Crippen LogP contribution in [0.1, 0.15) is 60.9 Å². The molecule has 2 aromatic carbocycles. The van der Waals surface area contributed by atoms with E-state index in [9.17, 15) is 18.3 Å². The molecule has 0 saturated heterocycles. The summed E-state index contributed by atoms with van der Waals surface area (Å²) < 4.78 is 40.0. The Labute approximate surface area is 179 Å². The highest BCUT2D eigenvalue weighted by Gasteiger charge is 2.33. The third-order valence-electron chi connectivity index (χ3n) is 5.26. The highest BCUT2D eigenvalue weighted by Crippen LogP contribution is 2.33. The van der Waals surface area contributed by atoms with Crippen molar-refractivity contribution in [1.82, 2.24) is 16.5 Å². The Bertz CT molecular complexity index is 1020. The standard InChI is InChI=1S/C23H25F3N4O/c1-3-15(2)5-4-6-18-13-19(22-27-29-30-28-22)10-8-16(18)7-9-17-11-12-20(31)14-21(17)23(24,25)26/h8,10-15,29-31H,3-6H2,1-2H3,(H,27,28). The molecule has 0 saturated carbocycles. The van der Waals surface area contributed by atoms with E-state index >= 15 is 0 Å². The van der Waals surface area contributed by atoms with Crippen molar-refractivity contribution >= 4 is 5.84 Å². The number of nitrogens with one attached hydrogen (secondary N) is 3. The van der Waals surface area contributed by atoms with Crippen LogP contribution in [0.15, 0.2) is 41.5 Å². The number of phenolic OH excluding ortho intramolecular Hbond substituents is 1. The van der Waals surface area contributed by atoms with E-state index in [0.717, 1.165) is 36.8 Å². The van der Waals surface area contributed by atoms with Crippen molar-refractivity contribution in [3.8, 4) is 17.6 Å². The van der Waals surface area contributed by atoms with Gasteiger partial charge in [-0.05, 0) is 60.7 Å². The summed E-state index contributed by atoms with van der Waals surface area (Å²) in [7, 11) is 0. The number of rotatable bonds is 6. The fourth-order valence-electron chi connectivity index (χ4n) is 3.26. The maximum absolute atomic E-state index is 13.3. The Kier molecular flexibility index (Phi) is 7.08. The predicted molar refractivity (Wildman–Crippen MR) is 114 cm³/mol. The first kappa shape index (κ1) is 22.5.